The summed E-state index contributed by atoms with van der Waals surface area (Å²) in [5.74, 6) is 1.17. The Bertz CT molecular complexity index is 713. The van der Waals surface area contributed by atoms with Gasteiger partial charge in [0.1, 0.15) is 0 Å². The van der Waals surface area contributed by atoms with Gasteiger partial charge in [-0.2, -0.15) is 5.10 Å². The zero-order chi connectivity index (χ0) is 17.0. The van der Waals surface area contributed by atoms with Crippen molar-refractivity contribution in [2.24, 2.45) is 7.05 Å². The molecule has 0 aliphatic heterocycles. The zero-order valence-electron chi connectivity index (χ0n) is 13.6. The first-order valence-corrected chi connectivity index (χ1v) is 7.95. The Morgan fingerprint density at radius 3 is 2.57 bits per heavy atom. The summed E-state index contributed by atoms with van der Waals surface area (Å²) in [7, 11) is 5.01. The quantitative estimate of drug-likeness (QED) is 0.834. The van der Waals surface area contributed by atoms with Gasteiger partial charge in [0, 0.05) is 13.6 Å². The fourth-order valence-corrected chi connectivity index (χ4v) is 2.68. The Morgan fingerprint density at radius 2 is 2.00 bits per heavy atom. The average molecular weight is 382 g/mol. The number of hydrogen-bond acceptors (Lipinski definition) is 4. The summed E-state index contributed by atoms with van der Waals surface area (Å²) in [4.78, 5) is 12.2. The van der Waals surface area contributed by atoms with E-state index in [1.165, 1.54) is 0 Å². The van der Waals surface area contributed by atoms with E-state index in [1.807, 2.05) is 25.1 Å². The third-order valence-corrected chi connectivity index (χ3v) is 4.57. The number of benzene rings is 1. The topological polar surface area (TPSA) is 65.4 Å². The number of methoxy groups -OCH3 is 2. The standard InChI is InChI=1S/C16H20BrN3O3/c1-10-14(17)15(19-20(10)2)16(21)18-8-7-11-5-6-12(22-3)13(9-11)23-4/h5-6,9H,7-8H2,1-4H3,(H,18,21). The van der Waals surface area contributed by atoms with Crippen LogP contribution in [0.5, 0.6) is 11.5 Å². The number of amides is 1. The first-order chi connectivity index (χ1) is 11.0. The molecule has 0 saturated heterocycles. The second kappa shape index (κ2) is 7.50. The number of nitrogens with one attached hydrogen (secondary N) is 1. The second-order valence-electron chi connectivity index (χ2n) is 5.07. The Labute approximate surface area is 143 Å². The molecule has 0 aliphatic carbocycles. The summed E-state index contributed by atoms with van der Waals surface area (Å²) in [6.07, 6.45) is 0.690. The van der Waals surface area contributed by atoms with E-state index in [1.54, 1.807) is 25.9 Å². The molecule has 0 spiro atoms. The molecule has 1 N–H and O–H groups in total. The van der Waals surface area contributed by atoms with Gasteiger partial charge in [-0.15, -0.1) is 0 Å². The molecule has 6 nitrogen and oxygen atoms in total. The summed E-state index contributed by atoms with van der Waals surface area (Å²) >= 11 is 3.40. The summed E-state index contributed by atoms with van der Waals surface area (Å²) < 4.78 is 12.9. The van der Waals surface area contributed by atoms with Crippen LogP contribution in [0.1, 0.15) is 21.7 Å². The molecule has 0 fully saturated rings. The Kier molecular flexibility index (Phi) is 5.65. The van der Waals surface area contributed by atoms with Gasteiger partial charge in [0.25, 0.3) is 5.91 Å². The molecule has 1 amide bonds. The van der Waals surface area contributed by atoms with Crippen molar-refractivity contribution in [3.8, 4) is 11.5 Å². The average Bonchev–Trinajstić information content (AvgIpc) is 2.82. The number of carbonyl (C=O) groups excluding carboxylic acids is 1. The highest BCUT2D eigenvalue weighted by Gasteiger charge is 2.17. The van der Waals surface area contributed by atoms with Crippen LogP contribution in [-0.2, 0) is 13.5 Å². The van der Waals surface area contributed by atoms with Crippen molar-refractivity contribution >= 4 is 21.8 Å². The molecule has 0 atom stereocenters. The Balaban J connectivity index is 1.97. The van der Waals surface area contributed by atoms with Crippen molar-refractivity contribution < 1.29 is 14.3 Å². The maximum Gasteiger partial charge on any atom is 0.272 e. The van der Waals surface area contributed by atoms with E-state index in [0.717, 1.165) is 15.7 Å². The summed E-state index contributed by atoms with van der Waals surface area (Å²) in [6.45, 7) is 2.41. The van der Waals surface area contributed by atoms with E-state index in [0.29, 0.717) is 30.2 Å². The molecule has 1 aromatic carbocycles. The van der Waals surface area contributed by atoms with Gasteiger partial charge in [-0.05, 0) is 47.0 Å². The van der Waals surface area contributed by atoms with Crippen LogP contribution in [0.3, 0.4) is 0 Å². The third kappa shape index (κ3) is 3.85. The molecule has 0 aliphatic rings. The molecular weight excluding hydrogens is 362 g/mol. The number of rotatable bonds is 6. The fourth-order valence-electron chi connectivity index (χ4n) is 2.17. The molecule has 124 valence electrons. The number of hydrogen-bond donors (Lipinski definition) is 1. The summed E-state index contributed by atoms with van der Waals surface area (Å²) in [5.41, 5.74) is 2.37. The van der Waals surface area contributed by atoms with E-state index < -0.39 is 0 Å². The normalized spacial score (nSPS) is 10.5. The van der Waals surface area contributed by atoms with Gasteiger partial charge in [0.15, 0.2) is 17.2 Å². The van der Waals surface area contributed by atoms with Crippen LogP contribution in [0.2, 0.25) is 0 Å². The lowest BCUT2D eigenvalue weighted by Gasteiger charge is -2.10. The van der Waals surface area contributed by atoms with Gasteiger partial charge in [-0.25, -0.2) is 0 Å². The largest absolute Gasteiger partial charge is 0.493 e. The second-order valence-corrected chi connectivity index (χ2v) is 5.86. The molecule has 7 heteroatoms. The summed E-state index contributed by atoms with van der Waals surface area (Å²) in [5, 5.41) is 7.08. The highest BCUT2D eigenvalue weighted by atomic mass is 79.9. The van der Waals surface area contributed by atoms with E-state index in [9.17, 15) is 4.79 Å². The third-order valence-electron chi connectivity index (χ3n) is 3.62. The number of aryl methyl sites for hydroxylation is 1. The number of ether oxygens (including phenoxy) is 2. The molecule has 1 heterocycles. The highest BCUT2D eigenvalue weighted by molar-refractivity contribution is 9.10. The Hall–Kier alpha value is -2.02. The first kappa shape index (κ1) is 17.3. The predicted molar refractivity (Wildman–Crippen MR) is 91.2 cm³/mol. The molecule has 1 aromatic heterocycles. The maximum atomic E-state index is 12.2. The van der Waals surface area contributed by atoms with Crippen molar-refractivity contribution in [3.05, 3.63) is 39.6 Å². The number of aromatic nitrogens is 2. The molecule has 0 radical (unpaired) electrons. The van der Waals surface area contributed by atoms with Crippen LogP contribution < -0.4 is 14.8 Å². The zero-order valence-corrected chi connectivity index (χ0v) is 15.2. The molecule has 0 unspecified atom stereocenters. The molecule has 23 heavy (non-hydrogen) atoms. The minimum atomic E-state index is -0.193. The van der Waals surface area contributed by atoms with Gasteiger partial charge < -0.3 is 14.8 Å². The number of carbonyl (C=O) groups is 1. The van der Waals surface area contributed by atoms with E-state index in [-0.39, 0.29) is 5.91 Å². The molecule has 0 bridgehead atoms. The lowest BCUT2D eigenvalue weighted by molar-refractivity contribution is 0.0947. The van der Waals surface area contributed by atoms with Crippen molar-refractivity contribution in [1.82, 2.24) is 15.1 Å². The SMILES string of the molecule is COc1ccc(CCNC(=O)c2nn(C)c(C)c2Br)cc1OC. The predicted octanol–water partition coefficient (Wildman–Crippen LogP) is 2.48. The van der Waals surface area contributed by atoms with Crippen LogP contribution in [0.25, 0.3) is 0 Å². The monoisotopic (exact) mass is 381 g/mol. The van der Waals surface area contributed by atoms with Crippen LogP contribution in [0, 0.1) is 6.92 Å². The van der Waals surface area contributed by atoms with Crippen LogP contribution in [-0.4, -0.2) is 36.5 Å². The van der Waals surface area contributed by atoms with E-state index in [4.69, 9.17) is 9.47 Å². The molecule has 2 rings (SSSR count). The highest BCUT2D eigenvalue weighted by Crippen LogP contribution is 2.27. The van der Waals surface area contributed by atoms with E-state index >= 15 is 0 Å². The molecular formula is C16H20BrN3O3. The number of nitrogens with zero attached hydrogens (tertiary/aromatic N) is 2. The van der Waals surface area contributed by atoms with Gasteiger partial charge in [-0.1, -0.05) is 6.07 Å². The lowest BCUT2D eigenvalue weighted by atomic mass is 10.1. The van der Waals surface area contributed by atoms with Gasteiger partial charge >= 0.3 is 0 Å². The molecule has 0 saturated carbocycles. The first-order valence-electron chi connectivity index (χ1n) is 7.16. The van der Waals surface area contributed by atoms with Gasteiger partial charge in [0.05, 0.1) is 24.4 Å². The maximum absolute atomic E-state index is 12.2. The molecule has 2 aromatic rings. The van der Waals surface area contributed by atoms with Crippen LogP contribution in [0.15, 0.2) is 22.7 Å². The minimum Gasteiger partial charge on any atom is -0.493 e. The van der Waals surface area contributed by atoms with Gasteiger partial charge in [-0.3, -0.25) is 9.48 Å². The smallest absolute Gasteiger partial charge is 0.272 e. The van der Waals surface area contributed by atoms with E-state index in [2.05, 4.69) is 26.3 Å². The van der Waals surface area contributed by atoms with Crippen LogP contribution >= 0.6 is 15.9 Å². The van der Waals surface area contributed by atoms with Crippen molar-refractivity contribution in [3.63, 3.8) is 0 Å². The van der Waals surface area contributed by atoms with Crippen molar-refractivity contribution in [2.45, 2.75) is 13.3 Å². The van der Waals surface area contributed by atoms with Crippen molar-refractivity contribution in [2.75, 3.05) is 20.8 Å². The van der Waals surface area contributed by atoms with Crippen molar-refractivity contribution in [1.29, 1.82) is 0 Å². The Morgan fingerprint density at radius 1 is 1.30 bits per heavy atom. The fraction of sp³-hybridized carbons (Fsp3) is 0.375. The summed E-state index contributed by atoms with van der Waals surface area (Å²) in [6, 6.07) is 5.72. The van der Waals surface area contributed by atoms with Crippen LogP contribution in [0.4, 0.5) is 0 Å². The van der Waals surface area contributed by atoms with Gasteiger partial charge in [0.2, 0.25) is 0 Å². The lowest BCUT2D eigenvalue weighted by Crippen LogP contribution is -2.26. The minimum absolute atomic E-state index is 0.193. The number of halogens is 1.